The predicted octanol–water partition coefficient (Wildman–Crippen LogP) is 5.30. The summed E-state index contributed by atoms with van der Waals surface area (Å²) in [6, 6.07) is 20.8. The molecule has 0 bridgehead atoms. The molecule has 3 aromatic rings. The van der Waals surface area contributed by atoms with Crippen LogP contribution in [0.2, 0.25) is 0 Å². The molecule has 0 radical (unpaired) electrons. The Morgan fingerprint density at radius 1 is 0.930 bits per heavy atom. The molecule has 0 aromatic heterocycles. The first-order chi connectivity index (χ1) is 20.7. The van der Waals surface area contributed by atoms with E-state index < -0.39 is 37.7 Å². The van der Waals surface area contributed by atoms with Crippen molar-refractivity contribution < 1.29 is 33.2 Å². The maximum Gasteiger partial charge on any atom is 0.518 e. The number of primary amides is 1. The van der Waals surface area contributed by atoms with Crippen molar-refractivity contribution in [1.82, 2.24) is 10.6 Å². The Bertz CT molecular complexity index is 1510. The van der Waals surface area contributed by atoms with E-state index in [9.17, 15) is 19.2 Å². The Balaban J connectivity index is 1.36. The van der Waals surface area contributed by atoms with Crippen molar-refractivity contribution in [2.75, 3.05) is 18.5 Å². The van der Waals surface area contributed by atoms with Gasteiger partial charge in [0, 0.05) is 18.2 Å². The summed E-state index contributed by atoms with van der Waals surface area (Å²) in [6.07, 6.45) is -1.19. The van der Waals surface area contributed by atoms with Crippen molar-refractivity contribution in [3.63, 3.8) is 0 Å². The van der Waals surface area contributed by atoms with Gasteiger partial charge in [0.25, 0.3) is 7.47 Å². The molecule has 0 saturated carbocycles. The monoisotopic (exact) mass is 623 g/mol. The van der Waals surface area contributed by atoms with Gasteiger partial charge < -0.3 is 35.7 Å². The van der Waals surface area contributed by atoms with E-state index >= 15 is 0 Å². The Morgan fingerprint density at radius 2 is 1.56 bits per heavy atom. The second-order valence-corrected chi connectivity index (χ2v) is 11.7. The highest BCUT2D eigenvalue weighted by molar-refractivity contribution is 8.03. The second kappa shape index (κ2) is 15.0. The van der Waals surface area contributed by atoms with Crippen LogP contribution in [0.15, 0.2) is 72.8 Å². The van der Waals surface area contributed by atoms with Gasteiger partial charge in [0.15, 0.2) is 0 Å². The van der Waals surface area contributed by atoms with Gasteiger partial charge in [0.1, 0.15) is 19.3 Å². The number of carbonyl (C=O) groups is 4. The lowest BCUT2D eigenvalue weighted by molar-refractivity contribution is -0.118. The zero-order chi connectivity index (χ0) is 30.8. The molecule has 1 aliphatic rings. The molecule has 4 amide bonds. The van der Waals surface area contributed by atoms with E-state index in [0.29, 0.717) is 17.7 Å². The van der Waals surface area contributed by atoms with E-state index in [1.54, 1.807) is 24.3 Å². The fourth-order valence-electron chi connectivity index (χ4n) is 4.73. The third-order valence-corrected chi connectivity index (χ3v) is 7.32. The number of hydrogen-bond acceptors (Lipinski definition) is 8. The van der Waals surface area contributed by atoms with Gasteiger partial charge in [-0.2, -0.15) is 5.00 Å². The smallest absolute Gasteiger partial charge is 0.449 e. The summed E-state index contributed by atoms with van der Waals surface area (Å²) in [4.78, 5) is 48.5. The summed E-state index contributed by atoms with van der Waals surface area (Å²) >= 11 is 0. The minimum absolute atomic E-state index is 0.0889. The number of alkyl carbamates (subject to hydrolysis) is 1. The van der Waals surface area contributed by atoms with E-state index in [2.05, 4.69) is 20.5 Å². The number of carbonyl (C=O) groups excluding carboxylic acids is 4. The van der Waals surface area contributed by atoms with Gasteiger partial charge in [-0.05, 0) is 61.7 Å². The van der Waals surface area contributed by atoms with Crippen LogP contribution in [0.4, 0.5) is 20.1 Å². The lowest BCUT2D eigenvalue weighted by atomic mass is 9.98. The van der Waals surface area contributed by atoms with Crippen molar-refractivity contribution in [3.8, 4) is 11.1 Å². The van der Waals surface area contributed by atoms with Gasteiger partial charge in [-0.15, -0.1) is 0 Å². The molecule has 4 rings (SSSR count). The molecule has 12 nitrogen and oxygen atoms in total. The SMILES string of the molecule is N#P(P)OC(=O)OCc1ccc(NC(=O)[C@H](CCCNC(N)=O)NC(=O)OCC2c3ccccc3-c3ccccc32)cc1. The molecule has 0 aliphatic heterocycles. The van der Waals surface area contributed by atoms with Crippen molar-refractivity contribution >= 4 is 46.3 Å². The molecule has 0 fully saturated rings. The lowest BCUT2D eigenvalue weighted by Gasteiger charge is -2.20. The minimum Gasteiger partial charge on any atom is -0.449 e. The lowest BCUT2D eigenvalue weighted by Crippen LogP contribution is -2.44. The van der Waals surface area contributed by atoms with E-state index in [4.69, 9.17) is 20.2 Å². The van der Waals surface area contributed by atoms with Crippen LogP contribution >= 0.6 is 16.4 Å². The van der Waals surface area contributed by atoms with Crippen LogP contribution in [-0.2, 0) is 25.4 Å². The Labute approximate surface area is 251 Å². The average molecular weight is 624 g/mol. The second-order valence-electron chi connectivity index (χ2n) is 9.57. The van der Waals surface area contributed by atoms with Gasteiger partial charge >= 0.3 is 18.3 Å². The van der Waals surface area contributed by atoms with Crippen LogP contribution in [-0.4, -0.2) is 43.4 Å². The number of nitrogens with two attached hydrogens (primary N) is 1. The summed E-state index contributed by atoms with van der Waals surface area (Å²) in [5.41, 5.74) is 10.5. The molecule has 43 heavy (non-hydrogen) atoms. The highest BCUT2D eigenvalue weighted by Crippen LogP contribution is 2.44. The molecule has 3 atom stereocenters. The third-order valence-electron chi connectivity index (χ3n) is 6.67. The van der Waals surface area contributed by atoms with Crippen LogP contribution in [0, 0.1) is 5.00 Å². The molecule has 224 valence electrons. The van der Waals surface area contributed by atoms with Gasteiger partial charge in [-0.3, -0.25) is 4.79 Å². The van der Waals surface area contributed by atoms with Crippen molar-refractivity contribution in [2.45, 2.75) is 31.4 Å². The first kappa shape index (κ1) is 31.3. The predicted molar refractivity (Wildman–Crippen MR) is 164 cm³/mol. The standard InChI is InChI=1S/C29H31N5O7P2/c30-27(36)32-15-5-10-25(26(35)33-19-13-11-18(12-14-19)16-40-29(38)41-43(31)42)34-28(37)39-17-24-22-8-3-1-6-20(22)21-7-2-4-9-23(21)24/h1-4,6-9,11-14,24-25H,5,10,15-17,42H2,(H,33,35)(H,34,37)(H3,30,32,36)/t25-/m0/s1. The van der Waals surface area contributed by atoms with Gasteiger partial charge in [-0.25, -0.2) is 14.4 Å². The number of urea groups is 1. The maximum atomic E-state index is 13.2. The molecule has 0 saturated heterocycles. The zero-order valence-electron chi connectivity index (χ0n) is 23.0. The van der Waals surface area contributed by atoms with Crippen molar-refractivity contribution in [1.29, 1.82) is 5.00 Å². The summed E-state index contributed by atoms with van der Waals surface area (Å²) in [5.74, 6) is -0.627. The van der Waals surface area contributed by atoms with E-state index in [0.717, 1.165) is 22.3 Å². The number of rotatable bonds is 11. The normalized spacial score (nSPS) is 12.6. The number of amides is 4. The van der Waals surface area contributed by atoms with Crippen LogP contribution in [0.1, 0.15) is 35.4 Å². The molecule has 1 aliphatic carbocycles. The number of anilines is 1. The summed E-state index contributed by atoms with van der Waals surface area (Å²) < 4.78 is 15.0. The molecule has 0 spiro atoms. The van der Waals surface area contributed by atoms with Gasteiger partial charge in [-0.1, -0.05) is 60.7 Å². The molecular formula is C29H31N5O7P2. The number of nitrogens with one attached hydrogen (secondary N) is 3. The van der Waals surface area contributed by atoms with E-state index in [-0.39, 0.29) is 32.1 Å². The Kier molecular flexibility index (Phi) is 10.9. The number of ether oxygens (including phenoxy) is 2. The fraction of sp³-hybridized carbons (Fsp3) is 0.241. The molecule has 3 aromatic carbocycles. The average Bonchev–Trinajstić information content (AvgIpc) is 3.30. The maximum absolute atomic E-state index is 13.2. The van der Waals surface area contributed by atoms with Crippen molar-refractivity contribution in [3.05, 3.63) is 89.5 Å². The Hall–Kier alpha value is -4.62. The molecule has 14 heteroatoms. The quantitative estimate of drug-likeness (QED) is 0.126. The number of fused-ring (bicyclic) bond motifs is 3. The third kappa shape index (κ3) is 8.93. The molecule has 2 unspecified atom stereocenters. The summed E-state index contributed by atoms with van der Waals surface area (Å²) in [6.45, 7) is 0.211. The highest BCUT2D eigenvalue weighted by Gasteiger charge is 2.30. The number of nitrogens with zero attached hydrogens (tertiary/aromatic N) is 1. The topological polar surface area (TPSA) is 182 Å². The molecular weight excluding hydrogens is 592 g/mol. The number of hydrogen-bond donors (Lipinski definition) is 4. The van der Waals surface area contributed by atoms with Crippen LogP contribution in [0.3, 0.4) is 0 Å². The zero-order valence-corrected chi connectivity index (χ0v) is 25.1. The van der Waals surface area contributed by atoms with Crippen molar-refractivity contribution in [2.24, 2.45) is 5.73 Å². The first-order valence-electron chi connectivity index (χ1n) is 13.3. The summed E-state index contributed by atoms with van der Waals surface area (Å²) in [7, 11) is 0.00222. The van der Waals surface area contributed by atoms with E-state index in [1.165, 1.54) is 0 Å². The van der Waals surface area contributed by atoms with Crippen LogP contribution in [0.25, 0.3) is 11.1 Å². The minimum atomic E-state index is -1.95. The molecule has 0 heterocycles. The largest absolute Gasteiger partial charge is 0.518 e. The van der Waals surface area contributed by atoms with Crippen LogP contribution in [0.5, 0.6) is 0 Å². The van der Waals surface area contributed by atoms with E-state index in [1.807, 2.05) is 57.5 Å². The first-order valence-corrected chi connectivity index (χ1v) is 16.2. The van der Waals surface area contributed by atoms with Crippen LogP contribution < -0.4 is 21.7 Å². The number of benzene rings is 3. The van der Waals surface area contributed by atoms with Gasteiger partial charge in [0.2, 0.25) is 5.91 Å². The highest BCUT2D eigenvalue weighted by atomic mass is 32.0. The van der Waals surface area contributed by atoms with Gasteiger partial charge in [0.05, 0.1) is 0 Å². The molecule has 5 N–H and O–H groups in total. The fourth-order valence-corrected chi connectivity index (χ4v) is 5.19. The Morgan fingerprint density at radius 3 is 2.16 bits per heavy atom. The summed E-state index contributed by atoms with van der Waals surface area (Å²) in [5, 5.41) is 17.0.